The number of hydrogen-bond acceptors (Lipinski definition) is 4. The fourth-order valence-corrected chi connectivity index (χ4v) is 5.21. The first kappa shape index (κ1) is 17.3. The molecule has 3 aliphatic rings. The van der Waals surface area contributed by atoms with Gasteiger partial charge in [-0.2, -0.15) is 0 Å². The number of rotatable bonds is 3. The fourth-order valence-electron chi connectivity index (χ4n) is 5.21. The molecule has 2 aliphatic carbocycles. The largest absolute Gasteiger partial charge is 0.460 e. The Morgan fingerprint density at radius 3 is 2.19 bits per heavy atom. The monoisotopic (exact) mass is 355 g/mol. The average Bonchev–Trinajstić information content (AvgIpc) is 3.07. The van der Waals surface area contributed by atoms with Crippen molar-refractivity contribution in [2.75, 3.05) is 0 Å². The predicted octanol–water partition coefficient (Wildman–Crippen LogP) is 3.43. The molecule has 4 atom stereocenters. The van der Waals surface area contributed by atoms with E-state index in [1.165, 1.54) is 6.42 Å². The number of benzene rings is 1. The van der Waals surface area contributed by atoms with E-state index in [0.29, 0.717) is 17.0 Å². The fraction of sp³-hybridized carbons (Fsp3) is 0.571. The van der Waals surface area contributed by atoms with Gasteiger partial charge < -0.3 is 4.74 Å². The van der Waals surface area contributed by atoms with Crippen molar-refractivity contribution in [2.24, 2.45) is 16.7 Å². The van der Waals surface area contributed by atoms with Gasteiger partial charge in [0.25, 0.3) is 11.8 Å². The predicted molar refractivity (Wildman–Crippen MR) is 95.5 cm³/mol. The molecular formula is C21H25NO4. The molecule has 2 bridgehead atoms. The topological polar surface area (TPSA) is 63.7 Å². The molecule has 0 radical (unpaired) electrons. The summed E-state index contributed by atoms with van der Waals surface area (Å²) >= 11 is 0. The maximum Gasteiger partial charge on any atom is 0.329 e. The summed E-state index contributed by atoms with van der Waals surface area (Å²) < 4.78 is 5.87. The second-order valence-electron chi connectivity index (χ2n) is 8.74. The molecule has 26 heavy (non-hydrogen) atoms. The van der Waals surface area contributed by atoms with Gasteiger partial charge in [0.15, 0.2) is 0 Å². The summed E-state index contributed by atoms with van der Waals surface area (Å²) in [6.45, 7) is 8.29. The Kier molecular flexibility index (Phi) is 3.59. The maximum atomic E-state index is 12.8. The van der Waals surface area contributed by atoms with Crippen molar-refractivity contribution in [3.8, 4) is 0 Å². The lowest BCUT2D eigenvalue weighted by atomic mass is 9.70. The van der Waals surface area contributed by atoms with Crippen molar-refractivity contribution in [3.63, 3.8) is 0 Å². The molecule has 1 aliphatic heterocycles. The van der Waals surface area contributed by atoms with Crippen molar-refractivity contribution in [3.05, 3.63) is 35.4 Å². The van der Waals surface area contributed by atoms with E-state index in [1.807, 2.05) is 0 Å². The number of amides is 2. The lowest BCUT2D eigenvalue weighted by molar-refractivity contribution is -0.161. The lowest BCUT2D eigenvalue weighted by Crippen LogP contribution is -2.46. The summed E-state index contributed by atoms with van der Waals surface area (Å²) in [6, 6.07) is 5.75. The van der Waals surface area contributed by atoms with E-state index in [4.69, 9.17) is 4.74 Å². The molecule has 1 aromatic carbocycles. The molecule has 0 spiro atoms. The number of hydrogen-bond donors (Lipinski definition) is 0. The molecule has 0 unspecified atom stereocenters. The molecule has 2 saturated carbocycles. The van der Waals surface area contributed by atoms with Crippen LogP contribution in [0, 0.1) is 16.7 Å². The molecule has 0 aromatic heterocycles. The minimum Gasteiger partial charge on any atom is -0.460 e. The lowest BCUT2D eigenvalue weighted by Gasteiger charge is -2.39. The van der Waals surface area contributed by atoms with E-state index in [1.54, 1.807) is 31.2 Å². The minimum absolute atomic E-state index is 0.0466. The van der Waals surface area contributed by atoms with Crippen LogP contribution in [0.3, 0.4) is 0 Å². The molecule has 4 rings (SSSR count). The number of nitrogens with zero attached hydrogens (tertiary/aromatic N) is 1. The molecule has 0 saturated heterocycles. The third kappa shape index (κ3) is 2.06. The van der Waals surface area contributed by atoms with Crippen molar-refractivity contribution in [1.29, 1.82) is 0 Å². The standard InChI is InChI=1S/C21H25NO4/c1-12(22-17(23)14-7-5-6-8-15(14)18(22)24)19(25)26-16-11-13-9-10-21(16,4)20(13,2)3/h5-8,12-13,16H,9-11H2,1-4H3/t12-,13+,16-,21-/m1/s1. The van der Waals surface area contributed by atoms with Gasteiger partial charge in [0.1, 0.15) is 12.1 Å². The van der Waals surface area contributed by atoms with Crippen molar-refractivity contribution in [1.82, 2.24) is 4.90 Å². The quantitative estimate of drug-likeness (QED) is 0.615. The van der Waals surface area contributed by atoms with Gasteiger partial charge >= 0.3 is 5.97 Å². The van der Waals surface area contributed by atoms with Crippen LogP contribution in [0.25, 0.3) is 0 Å². The number of esters is 1. The van der Waals surface area contributed by atoms with Crippen LogP contribution in [0.1, 0.15) is 67.7 Å². The van der Waals surface area contributed by atoms with Gasteiger partial charge in [-0.05, 0) is 49.7 Å². The molecule has 138 valence electrons. The number of carbonyl (C=O) groups excluding carboxylic acids is 3. The Hall–Kier alpha value is -2.17. The summed E-state index contributed by atoms with van der Waals surface area (Å²) in [4.78, 5) is 39.0. The van der Waals surface area contributed by atoms with E-state index >= 15 is 0 Å². The molecule has 1 aromatic rings. The van der Waals surface area contributed by atoms with E-state index in [2.05, 4.69) is 20.8 Å². The first-order chi connectivity index (χ1) is 12.2. The Morgan fingerprint density at radius 2 is 1.73 bits per heavy atom. The van der Waals surface area contributed by atoms with Crippen LogP contribution in [0.15, 0.2) is 24.3 Å². The van der Waals surface area contributed by atoms with Gasteiger partial charge in [-0.15, -0.1) is 0 Å². The van der Waals surface area contributed by atoms with E-state index in [9.17, 15) is 14.4 Å². The highest BCUT2D eigenvalue weighted by Gasteiger charge is 2.63. The van der Waals surface area contributed by atoms with Crippen LogP contribution < -0.4 is 0 Å². The molecular weight excluding hydrogens is 330 g/mol. The number of ether oxygens (including phenoxy) is 1. The molecule has 1 heterocycles. The minimum atomic E-state index is -0.923. The third-order valence-electron chi connectivity index (χ3n) is 7.53. The van der Waals surface area contributed by atoms with Crippen LogP contribution >= 0.6 is 0 Å². The molecule has 2 amide bonds. The van der Waals surface area contributed by atoms with Crippen molar-refractivity contribution in [2.45, 2.75) is 59.1 Å². The van der Waals surface area contributed by atoms with E-state index in [-0.39, 0.29) is 16.9 Å². The van der Waals surface area contributed by atoms with Gasteiger partial charge in [-0.3, -0.25) is 14.5 Å². The summed E-state index contributed by atoms with van der Waals surface area (Å²) in [5, 5.41) is 0. The first-order valence-electron chi connectivity index (χ1n) is 9.36. The van der Waals surface area contributed by atoms with Gasteiger partial charge in [0.2, 0.25) is 0 Å². The van der Waals surface area contributed by atoms with Crippen molar-refractivity contribution < 1.29 is 19.1 Å². The van der Waals surface area contributed by atoms with Crippen LogP contribution in [-0.2, 0) is 9.53 Å². The van der Waals surface area contributed by atoms with Gasteiger partial charge in [0.05, 0.1) is 11.1 Å². The molecule has 2 fully saturated rings. The van der Waals surface area contributed by atoms with Crippen LogP contribution in [0.2, 0.25) is 0 Å². The van der Waals surface area contributed by atoms with Crippen LogP contribution in [0.4, 0.5) is 0 Å². The zero-order valence-corrected chi connectivity index (χ0v) is 15.7. The van der Waals surface area contributed by atoms with Crippen molar-refractivity contribution >= 4 is 17.8 Å². The zero-order chi connectivity index (χ0) is 18.9. The summed E-state index contributed by atoms with van der Waals surface area (Å²) in [7, 11) is 0. The highest BCUT2D eigenvalue weighted by molar-refractivity contribution is 6.22. The Labute approximate surface area is 153 Å². The Bertz CT molecular complexity index is 779. The second-order valence-corrected chi connectivity index (χ2v) is 8.74. The van der Waals surface area contributed by atoms with E-state index in [0.717, 1.165) is 17.7 Å². The summed E-state index contributed by atoms with van der Waals surface area (Å²) in [6.07, 6.45) is 2.93. The SMILES string of the molecule is C[C@H](C(=O)O[C@@H]1C[C@@H]2CC[C@@]1(C)C2(C)C)N1C(=O)c2ccccc2C1=O. The zero-order valence-electron chi connectivity index (χ0n) is 15.7. The molecule has 0 N–H and O–H groups in total. The molecule has 5 heteroatoms. The third-order valence-corrected chi connectivity index (χ3v) is 7.53. The number of carbonyl (C=O) groups is 3. The Balaban J connectivity index is 1.52. The maximum absolute atomic E-state index is 12.8. The van der Waals surface area contributed by atoms with Crippen LogP contribution in [-0.4, -0.2) is 34.8 Å². The normalized spacial score (nSPS) is 32.7. The Morgan fingerprint density at radius 1 is 1.15 bits per heavy atom. The summed E-state index contributed by atoms with van der Waals surface area (Å²) in [5.74, 6) is -0.780. The number of fused-ring (bicyclic) bond motifs is 3. The van der Waals surface area contributed by atoms with E-state index < -0.39 is 23.8 Å². The first-order valence-corrected chi connectivity index (χ1v) is 9.36. The highest BCUT2D eigenvalue weighted by Crippen LogP contribution is 2.66. The molecule has 5 nitrogen and oxygen atoms in total. The average molecular weight is 355 g/mol. The highest BCUT2D eigenvalue weighted by atomic mass is 16.5. The summed E-state index contributed by atoms with van der Waals surface area (Å²) in [5.41, 5.74) is 0.793. The van der Waals surface area contributed by atoms with Crippen LogP contribution in [0.5, 0.6) is 0 Å². The smallest absolute Gasteiger partial charge is 0.329 e. The number of imide groups is 1. The van der Waals surface area contributed by atoms with Gasteiger partial charge in [0, 0.05) is 5.41 Å². The second kappa shape index (κ2) is 5.41. The van der Waals surface area contributed by atoms with Gasteiger partial charge in [-0.25, -0.2) is 4.79 Å². The van der Waals surface area contributed by atoms with Gasteiger partial charge in [-0.1, -0.05) is 32.9 Å².